The highest BCUT2D eigenvalue weighted by Crippen LogP contribution is 2.27. The lowest BCUT2D eigenvalue weighted by molar-refractivity contribution is -0.386. The van der Waals surface area contributed by atoms with Gasteiger partial charge in [-0.2, -0.15) is 5.26 Å². The molecule has 0 saturated heterocycles. The van der Waals surface area contributed by atoms with E-state index in [1.807, 2.05) is 0 Å². The minimum Gasteiger partial charge on any atom is -0.258 e. The standard InChI is InChI=1S/C8H5F2N3O2/c9-8(10)7-6(13(14)15)3-5(1-2-11)4-12-7/h3-4,8H,1H2. The van der Waals surface area contributed by atoms with Crippen molar-refractivity contribution >= 4 is 5.69 Å². The van der Waals surface area contributed by atoms with Crippen LogP contribution in [0.3, 0.4) is 0 Å². The highest BCUT2D eigenvalue weighted by atomic mass is 19.3. The molecule has 0 aliphatic heterocycles. The topological polar surface area (TPSA) is 79.8 Å². The van der Waals surface area contributed by atoms with Gasteiger partial charge in [0.2, 0.25) is 0 Å². The zero-order chi connectivity index (χ0) is 11.4. The van der Waals surface area contributed by atoms with Gasteiger partial charge in [0.05, 0.1) is 17.4 Å². The summed E-state index contributed by atoms with van der Waals surface area (Å²) >= 11 is 0. The van der Waals surface area contributed by atoms with E-state index in [0.29, 0.717) is 0 Å². The van der Waals surface area contributed by atoms with Gasteiger partial charge in [0, 0.05) is 12.3 Å². The molecule has 0 atom stereocenters. The van der Waals surface area contributed by atoms with Crippen molar-refractivity contribution in [2.45, 2.75) is 12.8 Å². The van der Waals surface area contributed by atoms with Crippen LogP contribution in [0.5, 0.6) is 0 Å². The summed E-state index contributed by atoms with van der Waals surface area (Å²) < 4.78 is 24.5. The third kappa shape index (κ3) is 2.43. The Kier molecular flexibility index (Phi) is 3.23. The predicted octanol–water partition coefficient (Wildman–Crippen LogP) is 1.99. The van der Waals surface area contributed by atoms with Crippen LogP contribution in [0.2, 0.25) is 0 Å². The van der Waals surface area contributed by atoms with E-state index >= 15 is 0 Å². The van der Waals surface area contributed by atoms with Gasteiger partial charge in [-0.3, -0.25) is 10.1 Å². The second kappa shape index (κ2) is 4.41. The summed E-state index contributed by atoms with van der Waals surface area (Å²) in [6, 6.07) is 2.69. The Bertz CT molecular complexity index is 428. The maximum Gasteiger partial charge on any atom is 0.296 e. The lowest BCUT2D eigenvalue weighted by Gasteiger charge is -2.01. The van der Waals surface area contributed by atoms with E-state index in [-0.39, 0.29) is 12.0 Å². The molecule has 0 saturated carbocycles. The Balaban J connectivity index is 3.22. The fourth-order valence-corrected chi connectivity index (χ4v) is 1.01. The van der Waals surface area contributed by atoms with Gasteiger partial charge in [-0.15, -0.1) is 0 Å². The number of nitrogens with zero attached hydrogens (tertiary/aromatic N) is 3. The first kappa shape index (κ1) is 11.0. The van der Waals surface area contributed by atoms with Crippen LogP contribution < -0.4 is 0 Å². The molecule has 0 aromatic carbocycles. The highest BCUT2D eigenvalue weighted by molar-refractivity contribution is 5.39. The summed E-state index contributed by atoms with van der Waals surface area (Å²) in [5.41, 5.74) is -1.38. The maximum atomic E-state index is 12.3. The summed E-state index contributed by atoms with van der Waals surface area (Å²) in [7, 11) is 0. The molecule has 0 radical (unpaired) electrons. The molecule has 1 heterocycles. The largest absolute Gasteiger partial charge is 0.296 e. The zero-order valence-electron chi connectivity index (χ0n) is 7.35. The van der Waals surface area contributed by atoms with Gasteiger partial charge < -0.3 is 0 Å². The van der Waals surface area contributed by atoms with Crippen LogP contribution in [0.4, 0.5) is 14.5 Å². The van der Waals surface area contributed by atoms with Gasteiger partial charge in [0.15, 0.2) is 5.69 Å². The van der Waals surface area contributed by atoms with E-state index in [1.54, 1.807) is 6.07 Å². The van der Waals surface area contributed by atoms with Crippen molar-refractivity contribution < 1.29 is 13.7 Å². The summed E-state index contributed by atoms with van der Waals surface area (Å²) in [6.45, 7) is 0. The fourth-order valence-electron chi connectivity index (χ4n) is 1.01. The lowest BCUT2D eigenvalue weighted by Crippen LogP contribution is -2.00. The first-order valence-electron chi connectivity index (χ1n) is 3.84. The summed E-state index contributed by atoms with van der Waals surface area (Å²) in [6.07, 6.45) is -2.06. The smallest absolute Gasteiger partial charge is 0.258 e. The first-order valence-corrected chi connectivity index (χ1v) is 3.84. The molecule has 0 spiro atoms. The molecule has 0 aliphatic carbocycles. The van der Waals surface area contributed by atoms with Crippen molar-refractivity contribution in [3.63, 3.8) is 0 Å². The Morgan fingerprint density at radius 1 is 1.67 bits per heavy atom. The first-order chi connectivity index (χ1) is 7.06. The van der Waals surface area contributed by atoms with Crippen molar-refractivity contribution in [1.82, 2.24) is 4.98 Å². The normalized spacial score (nSPS) is 10.0. The fraction of sp³-hybridized carbons (Fsp3) is 0.250. The number of pyridine rings is 1. The second-order valence-corrected chi connectivity index (χ2v) is 2.64. The summed E-state index contributed by atoms with van der Waals surface area (Å²) in [5.74, 6) is 0. The number of halogens is 2. The number of alkyl halides is 2. The molecule has 0 unspecified atom stereocenters. The SMILES string of the molecule is N#CCc1cnc(C(F)F)c([N+](=O)[O-])c1. The van der Waals surface area contributed by atoms with Crippen LogP contribution in [0, 0.1) is 21.4 Å². The van der Waals surface area contributed by atoms with Crippen LogP contribution in [-0.2, 0) is 6.42 Å². The minimum atomic E-state index is -3.00. The Morgan fingerprint density at radius 2 is 2.33 bits per heavy atom. The molecule has 7 heteroatoms. The van der Waals surface area contributed by atoms with E-state index in [2.05, 4.69) is 4.98 Å². The number of hydrogen-bond acceptors (Lipinski definition) is 4. The van der Waals surface area contributed by atoms with Gasteiger partial charge >= 0.3 is 0 Å². The van der Waals surface area contributed by atoms with Crippen molar-refractivity contribution in [1.29, 1.82) is 5.26 Å². The quantitative estimate of drug-likeness (QED) is 0.568. The summed E-state index contributed by atoms with van der Waals surface area (Å²) in [4.78, 5) is 12.8. The van der Waals surface area contributed by atoms with Crippen molar-refractivity contribution in [3.8, 4) is 6.07 Å². The van der Waals surface area contributed by atoms with E-state index in [0.717, 1.165) is 12.3 Å². The van der Waals surface area contributed by atoms with Gasteiger partial charge in [0.25, 0.3) is 12.1 Å². The molecule has 1 rings (SSSR count). The molecular weight excluding hydrogens is 208 g/mol. The highest BCUT2D eigenvalue weighted by Gasteiger charge is 2.23. The lowest BCUT2D eigenvalue weighted by atomic mass is 10.2. The molecule has 1 aromatic heterocycles. The average Bonchev–Trinajstić information content (AvgIpc) is 2.17. The van der Waals surface area contributed by atoms with Crippen LogP contribution in [-0.4, -0.2) is 9.91 Å². The Hall–Kier alpha value is -2.10. The van der Waals surface area contributed by atoms with Crippen LogP contribution >= 0.6 is 0 Å². The molecule has 5 nitrogen and oxygen atoms in total. The number of aromatic nitrogens is 1. The zero-order valence-corrected chi connectivity index (χ0v) is 7.35. The van der Waals surface area contributed by atoms with Crippen LogP contribution in [0.15, 0.2) is 12.3 Å². The number of rotatable bonds is 3. The van der Waals surface area contributed by atoms with Crippen molar-refractivity contribution in [2.75, 3.05) is 0 Å². The van der Waals surface area contributed by atoms with Crippen LogP contribution in [0.25, 0.3) is 0 Å². The van der Waals surface area contributed by atoms with Crippen molar-refractivity contribution in [3.05, 3.63) is 33.6 Å². The monoisotopic (exact) mass is 213 g/mol. The van der Waals surface area contributed by atoms with E-state index in [9.17, 15) is 18.9 Å². The average molecular weight is 213 g/mol. The van der Waals surface area contributed by atoms with Crippen LogP contribution in [0.1, 0.15) is 17.7 Å². The maximum absolute atomic E-state index is 12.3. The molecule has 78 valence electrons. The number of hydrogen-bond donors (Lipinski definition) is 0. The number of nitriles is 1. The van der Waals surface area contributed by atoms with E-state index in [1.165, 1.54) is 0 Å². The molecule has 0 amide bonds. The van der Waals surface area contributed by atoms with Gasteiger partial charge in [-0.25, -0.2) is 13.8 Å². The number of nitro groups is 1. The van der Waals surface area contributed by atoms with E-state index < -0.39 is 22.7 Å². The Labute approximate surface area is 83.1 Å². The third-order valence-electron chi connectivity index (χ3n) is 1.64. The van der Waals surface area contributed by atoms with Gasteiger partial charge in [0.1, 0.15) is 0 Å². The molecule has 0 N–H and O–H groups in total. The van der Waals surface area contributed by atoms with Gasteiger partial charge in [-0.05, 0) is 5.56 Å². The molecule has 1 aromatic rings. The second-order valence-electron chi connectivity index (χ2n) is 2.64. The molecule has 0 fully saturated rings. The van der Waals surface area contributed by atoms with Gasteiger partial charge in [-0.1, -0.05) is 0 Å². The molecular formula is C8H5F2N3O2. The minimum absolute atomic E-state index is 0.0998. The molecule has 0 bridgehead atoms. The molecule has 15 heavy (non-hydrogen) atoms. The Morgan fingerprint density at radius 3 is 2.80 bits per heavy atom. The van der Waals surface area contributed by atoms with E-state index in [4.69, 9.17) is 5.26 Å². The summed E-state index contributed by atoms with van der Waals surface area (Å²) in [5, 5.41) is 18.8. The predicted molar refractivity (Wildman–Crippen MR) is 45.2 cm³/mol. The third-order valence-corrected chi connectivity index (χ3v) is 1.64. The van der Waals surface area contributed by atoms with Crippen molar-refractivity contribution in [2.24, 2.45) is 0 Å². The molecule has 0 aliphatic rings.